The maximum absolute atomic E-state index is 13.5. The number of halogens is 4. The molecule has 0 aliphatic carbocycles. The Kier molecular flexibility index (Phi) is 12.9. The van der Waals surface area contributed by atoms with Gasteiger partial charge < -0.3 is 23.7 Å². The van der Waals surface area contributed by atoms with Crippen LogP contribution in [0.2, 0.25) is 25.7 Å². The predicted molar refractivity (Wildman–Crippen MR) is 165 cm³/mol. The number of rotatable bonds is 17. The molecular formula is C33H41F4NO6Si. The number of esters is 1. The second-order valence-electron chi connectivity index (χ2n) is 12.1. The highest BCUT2D eigenvalue weighted by molar-refractivity contribution is 6.76. The van der Waals surface area contributed by atoms with Crippen LogP contribution in [0.4, 0.5) is 17.6 Å². The number of ether oxygens (including phenoxy) is 5. The first-order valence-corrected chi connectivity index (χ1v) is 18.3. The lowest BCUT2D eigenvalue weighted by Crippen LogP contribution is -2.26. The Morgan fingerprint density at radius 1 is 0.889 bits per heavy atom. The summed E-state index contributed by atoms with van der Waals surface area (Å²) in [6, 6.07) is 15.4. The van der Waals surface area contributed by atoms with Gasteiger partial charge in [0.15, 0.2) is 11.5 Å². The molecule has 0 bridgehead atoms. The van der Waals surface area contributed by atoms with Crippen molar-refractivity contribution in [1.29, 1.82) is 0 Å². The molecule has 1 heterocycles. The molecule has 45 heavy (non-hydrogen) atoms. The summed E-state index contributed by atoms with van der Waals surface area (Å²) < 4.78 is 78.9. The number of hydrogen-bond donors (Lipinski definition) is 0. The van der Waals surface area contributed by atoms with E-state index in [2.05, 4.69) is 34.1 Å². The van der Waals surface area contributed by atoms with Crippen molar-refractivity contribution in [2.24, 2.45) is 0 Å². The number of benzene rings is 2. The number of aromatic nitrogens is 1. The molecule has 1 aromatic heterocycles. The Morgan fingerprint density at radius 2 is 1.53 bits per heavy atom. The maximum Gasteiger partial charge on any atom is 0.387 e. The van der Waals surface area contributed by atoms with Crippen LogP contribution in [0.3, 0.4) is 0 Å². The van der Waals surface area contributed by atoms with Gasteiger partial charge in [0.05, 0.1) is 18.1 Å². The molecule has 2 atom stereocenters. The van der Waals surface area contributed by atoms with Crippen molar-refractivity contribution in [1.82, 2.24) is 4.98 Å². The Morgan fingerprint density at radius 3 is 2.11 bits per heavy atom. The zero-order valence-corrected chi connectivity index (χ0v) is 27.4. The molecule has 0 aliphatic rings. The Labute approximate surface area is 262 Å². The van der Waals surface area contributed by atoms with E-state index in [4.69, 9.17) is 14.2 Å². The number of alkyl halides is 4. The van der Waals surface area contributed by atoms with Crippen molar-refractivity contribution in [3.05, 3.63) is 89.2 Å². The summed E-state index contributed by atoms with van der Waals surface area (Å²) in [5.74, 6) is -3.54. The fraction of sp³-hybridized carbons (Fsp3) is 0.455. The molecule has 0 amide bonds. The minimum atomic E-state index is -3.31. The highest BCUT2D eigenvalue weighted by atomic mass is 28.3. The Balaban J connectivity index is 2.05. The van der Waals surface area contributed by atoms with Gasteiger partial charge in [0, 0.05) is 33.0 Å². The van der Waals surface area contributed by atoms with E-state index < -0.39 is 56.2 Å². The van der Waals surface area contributed by atoms with Crippen LogP contribution in [-0.2, 0) is 24.6 Å². The van der Waals surface area contributed by atoms with Crippen molar-refractivity contribution in [2.45, 2.75) is 77.1 Å². The summed E-state index contributed by atoms with van der Waals surface area (Å²) in [6.45, 7) is 6.57. The number of pyridine rings is 1. The summed E-state index contributed by atoms with van der Waals surface area (Å²) in [4.78, 5) is 17.7. The lowest BCUT2D eigenvalue weighted by atomic mass is 9.77. The van der Waals surface area contributed by atoms with Crippen LogP contribution in [0.15, 0.2) is 67.0 Å². The third-order valence-corrected chi connectivity index (χ3v) is 8.85. The van der Waals surface area contributed by atoms with Gasteiger partial charge in [0.1, 0.15) is 6.79 Å². The van der Waals surface area contributed by atoms with Crippen molar-refractivity contribution in [2.75, 3.05) is 20.0 Å². The standard InChI is InChI=1S/C33H41F4NO6Si/c1-7-41-30(39)29(24-9-8-16-38-20-24)28(23-12-15-26(43-31(34)35)27(19-23)44-32(36)37)22-10-13-25(14-11-22)33(2,3)42-21-40-17-18-45(4,5)6/h8-16,19-20,28-29,31-32H,7,17-18,21H2,1-6H3. The molecule has 12 heteroatoms. The Hall–Kier alpha value is -3.48. The first-order chi connectivity index (χ1) is 21.2. The van der Waals surface area contributed by atoms with Gasteiger partial charge in [-0.2, -0.15) is 17.6 Å². The second-order valence-corrected chi connectivity index (χ2v) is 17.7. The van der Waals surface area contributed by atoms with Crippen molar-refractivity contribution >= 4 is 14.0 Å². The van der Waals surface area contributed by atoms with E-state index >= 15 is 0 Å². The fourth-order valence-electron chi connectivity index (χ4n) is 4.73. The number of nitrogens with zero attached hydrogens (tertiary/aromatic N) is 1. The van der Waals surface area contributed by atoms with Crippen LogP contribution in [-0.4, -0.2) is 52.3 Å². The van der Waals surface area contributed by atoms with E-state index in [-0.39, 0.29) is 13.4 Å². The van der Waals surface area contributed by atoms with E-state index in [0.717, 1.165) is 17.7 Å². The van der Waals surface area contributed by atoms with Gasteiger partial charge in [-0.05, 0) is 67.3 Å². The number of hydrogen-bond acceptors (Lipinski definition) is 7. The quantitative estimate of drug-likeness (QED) is 0.0478. The lowest BCUT2D eigenvalue weighted by Gasteiger charge is -2.29. The molecule has 0 saturated carbocycles. The number of carbonyl (C=O) groups is 1. The van der Waals surface area contributed by atoms with Crippen LogP contribution in [0.5, 0.6) is 11.5 Å². The molecule has 246 valence electrons. The first-order valence-electron chi connectivity index (χ1n) is 14.6. The molecule has 3 aromatic rings. The topological polar surface area (TPSA) is 76.1 Å². The van der Waals surface area contributed by atoms with Gasteiger partial charge in [0.25, 0.3) is 0 Å². The normalized spacial score (nSPS) is 13.5. The van der Waals surface area contributed by atoms with E-state index in [0.29, 0.717) is 23.3 Å². The molecule has 0 aliphatic heterocycles. The third kappa shape index (κ3) is 10.8. The summed E-state index contributed by atoms with van der Waals surface area (Å²) in [7, 11) is -1.23. The highest BCUT2D eigenvalue weighted by Gasteiger charge is 2.35. The van der Waals surface area contributed by atoms with Crippen molar-refractivity contribution in [3.63, 3.8) is 0 Å². The van der Waals surface area contributed by atoms with Gasteiger partial charge in [-0.1, -0.05) is 56.0 Å². The highest BCUT2D eigenvalue weighted by Crippen LogP contribution is 2.43. The van der Waals surface area contributed by atoms with Gasteiger partial charge in [-0.3, -0.25) is 9.78 Å². The maximum atomic E-state index is 13.5. The fourth-order valence-corrected chi connectivity index (χ4v) is 5.49. The minimum Gasteiger partial charge on any atom is -0.465 e. The van der Waals surface area contributed by atoms with Gasteiger partial charge in [0.2, 0.25) is 0 Å². The van der Waals surface area contributed by atoms with Crippen molar-refractivity contribution < 1.29 is 46.0 Å². The van der Waals surface area contributed by atoms with Crippen LogP contribution >= 0.6 is 0 Å². The van der Waals surface area contributed by atoms with Crippen LogP contribution in [0.25, 0.3) is 0 Å². The zero-order chi connectivity index (χ0) is 33.2. The van der Waals surface area contributed by atoms with Crippen LogP contribution < -0.4 is 9.47 Å². The molecule has 0 fully saturated rings. The molecular weight excluding hydrogens is 610 g/mol. The second kappa shape index (κ2) is 16.2. The summed E-state index contributed by atoms with van der Waals surface area (Å²) in [5.41, 5.74) is 1.56. The van der Waals surface area contributed by atoms with Gasteiger partial charge in [-0.25, -0.2) is 0 Å². The minimum absolute atomic E-state index is 0.0910. The molecule has 0 saturated heterocycles. The molecule has 7 nitrogen and oxygen atoms in total. The summed E-state index contributed by atoms with van der Waals surface area (Å²) >= 11 is 0. The Bertz CT molecular complexity index is 1350. The third-order valence-electron chi connectivity index (χ3n) is 7.14. The molecule has 0 radical (unpaired) electrons. The van der Waals surface area contributed by atoms with E-state index in [9.17, 15) is 22.4 Å². The molecule has 3 rings (SSSR count). The molecule has 0 N–H and O–H groups in total. The lowest BCUT2D eigenvalue weighted by molar-refractivity contribution is -0.145. The zero-order valence-electron chi connectivity index (χ0n) is 26.4. The first kappa shape index (κ1) is 36.0. The number of carbonyl (C=O) groups excluding carboxylic acids is 1. The summed E-state index contributed by atoms with van der Waals surface area (Å²) in [6.07, 6.45) is 3.07. The molecule has 2 aromatic carbocycles. The van der Waals surface area contributed by atoms with E-state index in [1.165, 1.54) is 18.3 Å². The van der Waals surface area contributed by atoms with Gasteiger partial charge in [-0.15, -0.1) is 0 Å². The van der Waals surface area contributed by atoms with E-state index in [1.807, 2.05) is 26.0 Å². The smallest absolute Gasteiger partial charge is 0.387 e. The van der Waals surface area contributed by atoms with Crippen LogP contribution in [0.1, 0.15) is 54.9 Å². The van der Waals surface area contributed by atoms with E-state index in [1.54, 1.807) is 37.4 Å². The average Bonchev–Trinajstić information content (AvgIpc) is 2.96. The average molecular weight is 652 g/mol. The largest absolute Gasteiger partial charge is 0.465 e. The molecule has 2 unspecified atom stereocenters. The predicted octanol–water partition coefficient (Wildman–Crippen LogP) is 8.33. The molecule has 0 spiro atoms. The van der Waals surface area contributed by atoms with Crippen molar-refractivity contribution in [3.8, 4) is 11.5 Å². The van der Waals surface area contributed by atoms with Crippen LogP contribution in [0, 0.1) is 0 Å². The summed E-state index contributed by atoms with van der Waals surface area (Å²) in [5, 5.41) is 0. The monoisotopic (exact) mass is 651 g/mol. The SMILES string of the molecule is CCOC(=O)C(c1cccnc1)C(c1ccc(C(C)(C)OCOCC[Si](C)(C)C)cc1)c1ccc(OC(F)F)c(OC(F)F)c1. The van der Waals surface area contributed by atoms with Gasteiger partial charge >= 0.3 is 19.2 Å².